The minimum Gasteiger partial charge on any atom is -0.369 e. The predicted octanol–water partition coefficient (Wildman–Crippen LogP) is 4.19. The first-order valence-electron chi connectivity index (χ1n) is 7.07. The summed E-state index contributed by atoms with van der Waals surface area (Å²) >= 11 is 9.60. The molecule has 1 aromatic carbocycles. The minimum atomic E-state index is 0.0645. The maximum atomic E-state index is 6.18. The number of hydrogen-bond acceptors (Lipinski definition) is 3. The highest BCUT2D eigenvalue weighted by molar-refractivity contribution is 9.10. The molecule has 2 aliphatic rings. The van der Waals surface area contributed by atoms with Crippen LogP contribution in [-0.4, -0.2) is 18.0 Å². The van der Waals surface area contributed by atoms with Gasteiger partial charge >= 0.3 is 0 Å². The van der Waals surface area contributed by atoms with E-state index in [-0.39, 0.29) is 5.54 Å². The van der Waals surface area contributed by atoms with E-state index in [2.05, 4.69) is 32.7 Å². The Hall–Kier alpha value is -0.740. The zero-order valence-electron chi connectivity index (χ0n) is 11.6. The number of aliphatic imine (C=N–C) groups is 1. The molecule has 0 radical (unpaired) electrons. The summed E-state index contributed by atoms with van der Waals surface area (Å²) < 4.78 is 0.898. The Balaban J connectivity index is 1.99. The van der Waals surface area contributed by atoms with Gasteiger partial charge in [-0.2, -0.15) is 0 Å². The molecule has 0 saturated heterocycles. The highest BCUT2D eigenvalue weighted by Crippen LogP contribution is 2.42. The third-order valence-corrected chi connectivity index (χ3v) is 5.68. The molecule has 0 amide bonds. The molecule has 1 spiro atoms. The Morgan fingerprint density at radius 1 is 1.50 bits per heavy atom. The van der Waals surface area contributed by atoms with Gasteiger partial charge in [0.1, 0.15) is 0 Å². The average Bonchev–Trinajstić information content (AvgIpc) is 2.70. The molecule has 0 bridgehead atoms. The lowest BCUT2D eigenvalue weighted by atomic mass is 9.75. The molecular formula is C15H19BrClN3. The van der Waals surface area contributed by atoms with Crippen LogP contribution in [0.1, 0.15) is 32.6 Å². The van der Waals surface area contributed by atoms with Crippen molar-refractivity contribution in [2.24, 2.45) is 16.6 Å². The van der Waals surface area contributed by atoms with Gasteiger partial charge in [-0.3, -0.25) is 4.99 Å². The van der Waals surface area contributed by atoms with Crippen molar-refractivity contribution in [3.05, 3.63) is 27.7 Å². The summed E-state index contributed by atoms with van der Waals surface area (Å²) in [6, 6.07) is 5.98. The van der Waals surface area contributed by atoms with Gasteiger partial charge < -0.3 is 10.6 Å². The molecule has 108 valence electrons. The van der Waals surface area contributed by atoms with Gasteiger partial charge in [-0.1, -0.05) is 31.4 Å². The number of benzene rings is 1. The molecule has 1 aromatic rings. The third kappa shape index (κ3) is 2.33. The van der Waals surface area contributed by atoms with E-state index < -0.39 is 0 Å². The van der Waals surface area contributed by atoms with E-state index in [1.54, 1.807) is 0 Å². The lowest BCUT2D eigenvalue weighted by Gasteiger charge is -2.44. The standard InChI is InChI=1S/C15H19BrClN3/c1-10-3-2-6-15(8-10)9-19-14(18)20(15)11-4-5-13(17)12(16)7-11/h4-5,7,10H,2-3,6,8-9H2,1H3,(H2,18,19). The minimum absolute atomic E-state index is 0.0645. The Morgan fingerprint density at radius 3 is 3.00 bits per heavy atom. The topological polar surface area (TPSA) is 41.6 Å². The molecular weight excluding hydrogens is 338 g/mol. The molecule has 1 fully saturated rings. The SMILES string of the molecule is CC1CCCC2(CN=C(N)N2c2ccc(Cl)c(Br)c2)C1. The predicted molar refractivity (Wildman–Crippen MR) is 88.5 cm³/mol. The van der Waals surface area contributed by atoms with Gasteiger partial charge in [-0.05, 0) is 52.9 Å². The fourth-order valence-corrected chi connectivity index (χ4v) is 4.11. The number of hydrogen-bond donors (Lipinski definition) is 1. The van der Waals surface area contributed by atoms with E-state index >= 15 is 0 Å². The molecule has 1 aliphatic carbocycles. The molecule has 1 aliphatic heterocycles. The first-order chi connectivity index (χ1) is 9.52. The van der Waals surface area contributed by atoms with Crippen LogP contribution in [0.2, 0.25) is 5.02 Å². The van der Waals surface area contributed by atoms with Gasteiger partial charge in [0, 0.05) is 10.2 Å². The number of anilines is 1. The first-order valence-corrected chi connectivity index (χ1v) is 8.24. The Kier molecular flexibility index (Phi) is 3.71. The van der Waals surface area contributed by atoms with Crippen molar-refractivity contribution in [1.82, 2.24) is 0 Å². The second kappa shape index (κ2) is 5.23. The quantitative estimate of drug-likeness (QED) is 0.820. The lowest BCUT2D eigenvalue weighted by molar-refractivity contribution is 0.253. The summed E-state index contributed by atoms with van der Waals surface area (Å²) in [6.45, 7) is 3.13. The fourth-order valence-electron chi connectivity index (χ4n) is 3.62. The van der Waals surface area contributed by atoms with Gasteiger partial charge in [0.05, 0.1) is 17.1 Å². The Bertz CT molecular complexity index is 560. The second-order valence-electron chi connectivity index (χ2n) is 6.03. The van der Waals surface area contributed by atoms with Crippen LogP contribution in [0.25, 0.3) is 0 Å². The molecule has 3 nitrogen and oxygen atoms in total. The van der Waals surface area contributed by atoms with Crippen LogP contribution >= 0.6 is 27.5 Å². The van der Waals surface area contributed by atoms with Crippen molar-refractivity contribution < 1.29 is 0 Å². The van der Waals surface area contributed by atoms with Crippen LogP contribution in [0.15, 0.2) is 27.7 Å². The number of guanidine groups is 1. The lowest BCUT2D eigenvalue weighted by Crippen LogP contribution is -2.54. The van der Waals surface area contributed by atoms with Crippen molar-refractivity contribution in [3.8, 4) is 0 Å². The van der Waals surface area contributed by atoms with Crippen LogP contribution in [0.3, 0.4) is 0 Å². The molecule has 5 heteroatoms. The van der Waals surface area contributed by atoms with Crippen LogP contribution in [0, 0.1) is 5.92 Å². The first kappa shape index (κ1) is 14.2. The van der Waals surface area contributed by atoms with E-state index in [1.165, 1.54) is 12.8 Å². The summed E-state index contributed by atoms with van der Waals surface area (Å²) in [5.41, 5.74) is 7.32. The van der Waals surface area contributed by atoms with E-state index in [9.17, 15) is 0 Å². The third-order valence-electron chi connectivity index (χ3n) is 4.47. The fraction of sp³-hybridized carbons (Fsp3) is 0.533. The van der Waals surface area contributed by atoms with E-state index in [4.69, 9.17) is 17.3 Å². The number of nitrogens with two attached hydrogens (primary N) is 1. The van der Waals surface area contributed by atoms with Crippen molar-refractivity contribution in [2.45, 2.75) is 38.1 Å². The number of halogens is 2. The van der Waals surface area contributed by atoms with Gasteiger partial charge in [0.15, 0.2) is 5.96 Å². The van der Waals surface area contributed by atoms with Crippen LogP contribution in [0.5, 0.6) is 0 Å². The van der Waals surface area contributed by atoms with Crippen LogP contribution < -0.4 is 10.6 Å². The molecule has 0 aromatic heterocycles. The zero-order chi connectivity index (χ0) is 14.3. The summed E-state index contributed by atoms with van der Waals surface area (Å²) in [7, 11) is 0. The molecule has 1 saturated carbocycles. The van der Waals surface area contributed by atoms with Gasteiger partial charge in [0.2, 0.25) is 0 Å². The summed E-state index contributed by atoms with van der Waals surface area (Å²) in [5.74, 6) is 1.36. The summed E-state index contributed by atoms with van der Waals surface area (Å²) in [6.07, 6.45) is 4.86. The van der Waals surface area contributed by atoms with Crippen LogP contribution in [0.4, 0.5) is 5.69 Å². The van der Waals surface area contributed by atoms with Gasteiger partial charge in [-0.25, -0.2) is 0 Å². The number of nitrogens with zero attached hydrogens (tertiary/aromatic N) is 2. The smallest absolute Gasteiger partial charge is 0.196 e. The summed E-state index contributed by atoms with van der Waals surface area (Å²) in [5, 5.41) is 0.717. The molecule has 2 N–H and O–H groups in total. The van der Waals surface area contributed by atoms with Crippen molar-refractivity contribution in [3.63, 3.8) is 0 Å². The summed E-state index contributed by atoms with van der Waals surface area (Å²) in [4.78, 5) is 6.76. The average molecular weight is 357 g/mol. The molecule has 20 heavy (non-hydrogen) atoms. The van der Waals surface area contributed by atoms with E-state index in [0.717, 1.165) is 40.5 Å². The van der Waals surface area contributed by atoms with Crippen LogP contribution in [-0.2, 0) is 0 Å². The molecule has 3 rings (SSSR count). The molecule has 1 heterocycles. The highest BCUT2D eigenvalue weighted by atomic mass is 79.9. The largest absolute Gasteiger partial charge is 0.369 e. The Morgan fingerprint density at radius 2 is 2.30 bits per heavy atom. The molecule has 2 unspecified atom stereocenters. The molecule has 2 atom stereocenters. The van der Waals surface area contributed by atoms with Crippen molar-refractivity contribution >= 4 is 39.2 Å². The highest BCUT2D eigenvalue weighted by Gasteiger charge is 2.45. The number of rotatable bonds is 1. The zero-order valence-corrected chi connectivity index (χ0v) is 13.9. The van der Waals surface area contributed by atoms with Crippen molar-refractivity contribution in [2.75, 3.05) is 11.4 Å². The van der Waals surface area contributed by atoms with E-state index in [1.807, 2.05) is 18.2 Å². The normalized spacial score (nSPS) is 29.9. The second-order valence-corrected chi connectivity index (χ2v) is 7.30. The van der Waals surface area contributed by atoms with Crippen molar-refractivity contribution in [1.29, 1.82) is 0 Å². The maximum absolute atomic E-state index is 6.18. The van der Waals surface area contributed by atoms with Gasteiger partial charge in [0.25, 0.3) is 0 Å². The maximum Gasteiger partial charge on any atom is 0.196 e. The van der Waals surface area contributed by atoms with E-state index in [0.29, 0.717) is 5.96 Å². The Labute approximate surface area is 133 Å². The van der Waals surface area contributed by atoms with Gasteiger partial charge in [-0.15, -0.1) is 0 Å². The monoisotopic (exact) mass is 355 g/mol.